The predicted molar refractivity (Wildman–Crippen MR) is 67.5 cm³/mol. The maximum Gasteiger partial charge on any atom is 0.168 e. The summed E-state index contributed by atoms with van der Waals surface area (Å²) in [7, 11) is 0. The molecule has 0 aromatic heterocycles. The molecule has 0 aliphatic heterocycles. The minimum atomic E-state index is -0.148. The lowest BCUT2D eigenvalue weighted by molar-refractivity contribution is 0.479. The Kier molecular flexibility index (Phi) is 2.91. The van der Waals surface area contributed by atoms with Crippen LogP contribution in [-0.2, 0) is 0 Å². The van der Waals surface area contributed by atoms with Crippen LogP contribution in [0.2, 0.25) is 0 Å². The van der Waals surface area contributed by atoms with E-state index in [0.717, 1.165) is 0 Å². The van der Waals surface area contributed by atoms with Crippen molar-refractivity contribution in [1.82, 2.24) is 0 Å². The Morgan fingerprint density at radius 3 is 2.29 bits per heavy atom. The summed E-state index contributed by atoms with van der Waals surface area (Å²) in [4.78, 5) is 0. The summed E-state index contributed by atoms with van der Waals surface area (Å²) < 4.78 is 0. The third-order valence-corrected chi connectivity index (χ3v) is 2.26. The van der Waals surface area contributed by atoms with Crippen molar-refractivity contribution in [2.45, 2.75) is 0 Å². The molecule has 0 atom stereocenters. The van der Waals surface area contributed by atoms with E-state index in [0.29, 0.717) is 17.1 Å². The molecule has 2 aromatic rings. The number of hydrogen-bond donors (Lipinski definition) is 3. The van der Waals surface area contributed by atoms with Crippen LogP contribution in [0.1, 0.15) is 0 Å². The molecule has 0 aliphatic carbocycles. The number of aromatic hydroxyl groups is 1. The van der Waals surface area contributed by atoms with E-state index in [1.54, 1.807) is 24.3 Å². The zero-order valence-electron chi connectivity index (χ0n) is 9.04. The Bertz CT molecular complexity index is 552. The number of benzene rings is 2. The SMILES string of the molecule is Nc1ccc(N=Nc2ccccc2)c(O)c1N. The Morgan fingerprint density at radius 1 is 0.882 bits per heavy atom. The quantitative estimate of drug-likeness (QED) is 0.418. The molecule has 0 bridgehead atoms. The first-order valence-corrected chi connectivity index (χ1v) is 5.02. The third-order valence-electron chi connectivity index (χ3n) is 2.26. The second-order valence-corrected chi connectivity index (χ2v) is 3.47. The maximum absolute atomic E-state index is 9.70. The molecule has 5 nitrogen and oxygen atoms in total. The van der Waals surface area contributed by atoms with Gasteiger partial charge in [0, 0.05) is 0 Å². The van der Waals surface area contributed by atoms with Crippen molar-refractivity contribution >= 4 is 22.7 Å². The van der Waals surface area contributed by atoms with E-state index in [9.17, 15) is 5.11 Å². The van der Waals surface area contributed by atoms with Crippen LogP contribution >= 0.6 is 0 Å². The first kappa shape index (κ1) is 10.9. The van der Waals surface area contributed by atoms with Gasteiger partial charge in [0.1, 0.15) is 5.69 Å². The van der Waals surface area contributed by atoms with Crippen molar-refractivity contribution in [3.8, 4) is 5.75 Å². The molecular formula is C12H12N4O. The third kappa shape index (κ3) is 2.34. The molecule has 0 saturated heterocycles. The molecule has 0 heterocycles. The minimum Gasteiger partial charge on any atom is -0.504 e. The monoisotopic (exact) mass is 228 g/mol. The van der Waals surface area contributed by atoms with Gasteiger partial charge in [-0.25, -0.2) is 0 Å². The molecule has 2 aromatic carbocycles. The molecule has 0 amide bonds. The number of anilines is 2. The van der Waals surface area contributed by atoms with E-state index in [1.807, 2.05) is 18.2 Å². The van der Waals surface area contributed by atoms with Crippen molar-refractivity contribution in [3.05, 3.63) is 42.5 Å². The van der Waals surface area contributed by atoms with Gasteiger partial charge in [-0.1, -0.05) is 18.2 Å². The molecule has 17 heavy (non-hydrogen) atoms. The van der Waals surface area contributed by atoms with Gasteiger partial charge < -0.3 is 16.6 Å². The molecule has 5 N–H and O–H groups in total. The number of rotatable bonds is 2. The Labute approximate surface area is 98.4 Å². The van der Waals surface area contributed by atoms with Crippen LogP contribution in [-0.4, -0.2) is 5.11 Å². The second kappa shape index (κ2) is 4.52. The lowest BCUT2D eigenvalue weighted by Crippen LogP contribution is -1.93. The van der Waals surface area contributed by atoms with Crippen LogP contribution in [0.5, 0.6) is 5.75 Å². The molecule has 0 unspecified atom stereocenters. The maximum atomic E-state index is 9.70. The van der Waals surface area contributed by atoms with Crippen molar-refractivity contribution in [2.75, 3.05) is 11.5 Å². The van der Waals surface area contributed by atoms with Crippen LogP contribution in [0.25, 0.3) is 0 Å². The molecule has 0 fully saturated rings. The number of nitrogen functional groups attached to an aromatic ring is 2. The van der Waals surface area contributed by atoms with Gasteiger partial charge in [0.05, 0.1) is 17.1 Å². The number of nitrogens with two attached hydrogens (primary N) is 2. The second-order valence-electron chi connectivity index (χ2n) is 3.47. The van der Waals surface area contributed by atoms with Crippen LogP contribution in [0.4, 0.5) is 22.7 Å². The highest BCUT2D eigenvalue weighted by molar-refractivity contribution is 5.77. The van der Waals surface area contributed by atoms with E-state index in [1.165, 1.54) is 0 Å². The number of nitrogens with zero attached hydrogens (tertiary/aromatic N) is 2. The fraction of sp³-hybridized carbons (Fsp3) is 0. The van der Waals surface area contributed by atoms with Gasteiger partial charge >= 0.3 is 0 Å². The first-order valence-electron chi connectivity index (χ1n) is 5.02. The summed E-state index contributed by atoms with van der Waals surface area (Å²) in [5.41, 5.74) is 12.5. The Morgan fingerprint density at radius 2 is 1.59 bits per heavy atom. The van der Waals surface area contributed by atoms with Gasteiger partial charge in [-0.15, -0.1) is 5.11 Å². The summed E-state index contributed by atoms with van der Waals surface area (Å²) in [6, 6.07) is 12.3. The zero-order chi connectivity index (χ0) is 12.3. The van der Waals surface area contributed by atoms with Gasteiger partial charge in [-0.2, -0.15) is 5.11 Å². The molecule has 5 heteroatoms. The van der Waals surface area contributed by atoms with Gasteiger partial charge in [0.25, 0.3) is 0 Å². The Hall–Kier alpha value is -2.56. The molecule has 2 rings (SSSR count). The number of azo groups is 1. The van der Waals surface area contributed by atoms with E-state index in [-0.39, 0.29) is 11.4 Å². The summed E-state index contributed by atoms with van der Waals surface area (Å²) in [5, 5.41) is 17.6. The molecule has 0 radical (unpaired) electrons. The average Bonchev–Trinajstić information content (AvgIpc) is 2.36. The van der Waals surface area contributed by atoms with E-state index >= 15 is 0 Å². The van der Waals surface area contributed by atoms with Crippen molar-refractivity contribution in [3.63, 3.8) is 0 Å². The molecule has 0 spiro atoms. The van der Waals surface area contributed by atoms with E-state index in [2.05, 4.69) is 10.2 Å². The van der Waals surface area contributed by atoms with Crippen molar-refractivity contribution in [2.24, 2.45) is 10.2 Å². The van der Waals surface area contributed by atoms with Crippen LogP contribution in [0.15, 0.2) is 52.7 Å². The van der Waals surface area contributed by atoms with Gasteiger partial charge in [-0.05, 0) is 24.3 Å². The fourth-order valence-electron chi connectivity index (χ4n) is 1.30. The first-order chi connectivity index (χ1) is 8.18. The van der Waals surface area contributed by atoms with Crippen molar-refractivity contribution < 1.29 is 5.11 Å². The highest BCUT2D eigenvalue weighted by Gasteiger charge is 2.06. The number of hydrogen-bond acceptors (Lipinski definition) is 5. The molecular weight excluding hydrogens is 216 g/mol. The highest BCUT2D eigenvalue weighted by atomic mass is 16.3. The summed E-state index contributed by atoms with van der Waals surface area (Å²) in [5.74, 6) is -0.148. The van der Waals surface area contributed by atoms with Crippen LogP contribution in [0.3, 0.4) is 0 Å². The van der Waals surface area contributed by atoms with Crippen LogP contribution < -0.4 is 11.5 Å². The zero-order valence-corrected chi connectivity index (χ0v) is 9.04. The normalized spacial score (nSPS) is 10.8. The summed E-state index contributed by atoms with van der Waals surface area (Å²) >= 11 is 0. The van der Waals surface area contributed by atoms with Gasteiger partial charge in [0.15, 0.2) is 5.75 Å². The summed E-state index contributed by atoms with van der Waals surface area (Å²) in [6.07, 6.45) is 0. The largest absolute Gasteiger partial charge is 0.504 e. The fourth-order valence-corrected chi connectivity index (χ4v) is 1.30. The topological polar surface area (TPSA) is 97.0 Å². The van der Waals surface area contributed by atoms with Crippen molar-refractivity contribution in [1.29, 1.82) is 0 Å². The molecule has 0 saturated carbocycles. The lowest BCUT2D eigenvalue weighted by atomic mass is 10.2. The van der Waals surface area contributed by atoms with Gasteiger partial charge in [-0.3, -0.25) is 0 Å². The van der Waals surface area contributed by atoms with E-state index in [4.69, 9.17) is 11.5 Å². The highest BCUT2D eigenvalue weighted by Crippen LogP contribution is 2.36. The molecule has 86 valence electrons. The lowest BCUT2D eigenvalue weighted by Gasteiger charge is -2.04. The smallest absolute Gasteiger partial charge is 0.168 e. The number of phenols is 1. The summed E-state index contributed by atoms with van der Waals surface area (Å²) in [6.45, 7) is 0. The van der Waals surface area contributed by atoms with Crippen LogP contribution in [0, 0.1) is 0 Å². The molecule has 0 aliphatic rings. The predicted octanol–water partition coefficient (Wildman–Crippen LogP) is 2.97. The van der Waals surface area contributed by atoms with Gasteiger partial charge in [0.2, 0.25) is 0 Å². The minimum absolute atomic E-state index is 0.120. The standard InChI is InChI=1S/C12H12N4O/c13-9-6-7-10(12(17)11(9)14)16-15-8-4-2-1-3-5-8/h1-7,17H,13-14H2. The van der Waals surface area contributed by atoms with E-state index < -0.39 is 0 Å². The average molecular weight is 228 g/mol. The number of phenolic OH excluding ortho intramolecular Hbond substituents is 1. The Balaban J connectivity index is 2.31.